The lowest BCUT2D eigenvalue weighted by Crippen LogP contribution is -2.45. The third-order valence-electron chi connectivity index (χ3n) is 5.00. The van der Waals surface area contributed by atoms with E-state index >= 15 is 0 Å². The fourth-order valence-corrected chi connectivity index (χ4v) is 3.75. The normalized spacial score (nSPS) is 15.8. The Morgan fingerprint density at radius 2 is 1.93 bits per heavy atom. The quantitative estimate of drug-likeness (QED) is 0.658. The number of fused-ring (bicyclic) bond motifs is 1. The van der Waals surface area contributed by atoms with Crippen LogP contribution in [0.3, 0.4) is 0 Å². The van der Waals surface area contributed by atoms with Gasteiger partial charge in [0.15, 0.2) is 0 Å². The molecule has 1 aliphatic heterocycles. The molecule has 2 aromatic carbocycles. The first-order valence-corrected chi connectivity index (χ1v) is 9.97. The molecule has 0 saturated heterocycles. The molecule has 1 aromatic heterocycles. The van der Waals surface area contributed by atoms with Crippen molar-refractivity contribution in [2.24, 2.45) is 5.10 Å². The zero-order valence-electron chi connectivity index (χ0n) is 16.6. The summed E-state index contributed by atoms with van der Waals surface area (Å²) < 4.78 is 5.70. The maximum atomic E-state index is 12.8. The van der Waals surface area contributed by atoms with Gasteiger partial charge in [-0.2, -0.15) is 5.01 Å². The number of hydrazone groups is 1. The molecule has 0 saturated carbocycles. The van der Waals surface area contributed by atoms with Gasteiger partial charge < -0.3 is 15.0 Å². The number of halogens is 1. The Morgan fingerprint density at radius 1 is 1.20 bits per heavy atom. The monoisotopic (exact) mass is 424 g/mol. The standard InChI is InChI=1S/C22H21ClN4O3/c1-13-15(16-7-4-6-10-19(16)25-13)11-12-24-20(29)22-27(14(2)28)26-21(30-22)17-8-3-5-9-18(17)23/h3-10,22,25H,11-12H2,1-2H3,(H,24,29). The Hall–Kier alpha value is -3.32. The maximum absolute atomic E-state index is 12.8. The number of hydrogen-bond acceptors (Lipinski definition) is 4. The lowest BCUT2D eigenvalue weighted by molar-refractivity contribution is -0.146. The molecule has 0 fully saturated rings. The van der Waals surface area contributed by atoms with E-state index in [1.807, 2.05) is 25.1 Å². The fourth-order valence-electron chi connectivity index (χ4n) is 3.54. The molecule has 2 N–H and O–H groups in total. The molecule has 0 spiro atoms. The minimum absolute atomic E-state index is 0.142. The molecule has 154 valence electrons. The van der Waals surface area contributed by atoms with Gasteiger partial charge in [0, 0.05) is 30.1 Å². The van der Waals surface area contributed by atoms with Crippen molar-refractivity contribution in [1.82, 2.24) is 15.3 Å². The minimum Gasteiger partial charge on any atom is -0.440 e. The highest BCUT2D eigenvalue weighted by atomic mass is 35.5. The van der Waals surface area contributed by atoms with Crippen molar-refractivity contribution < 1.29 is 14.3 Å². The third kappa shape index (κ3) is 3.76. The molecular formula is C22H21ClN4O3. The third-order valence-corrected chi connectivity index (χ3v) is 5.33. The van der Waals surface area contributed by atoms with E-state index < -0.39 is 18.0 Å². The summed E-state index contributed by atoms with van der Waals surface area (Å²) in [5.41, 5.74) is 3.80. The van der Waals surface area contributed by atoms with Crippen LogP contribution in [0.15, 0.2) is 53.6 Å². The van der Waals surface area contributed by atoms with Gasteiger partial charge in [-0.15, -0.1) is 5.10 Å². The summed E-state index contributed by atoms with van der Waals surface area (Å²) >= 11 is 6.19. The predicted molar refractivity (Wildman–Crippen MR) is 115 cm³/mol. The topological polar surface area (TPSA) is 86.8 Å². The van der Waals surface area contributed by atoms with Crippen molar-refractivity contribution in [3.8, 4) is 0 Å². The molecule has 0 radical (unpaired) electrons. The molecule has 7 nitrogen and oxygen atoms in total. The van der Waals surface area contributed by atoms with E-state index in [4.69, 9.17) is 16.3 Å². The van der Waals surface area contributed by atoms with E-state index in [9.17, 15) is 9.59 Å². The number of aryl methyl sites for hydroxylation is 1. The summed E-state index contributed by atoms with van der Waals surface area (Å²) in [6, 6.07) is 15.0. The molecule has 2 heterocycles. The van der Waals surface area contributed by atoms with E-state index in [1.54, 1.807) is 24.3 Å². The second kappa shape index (κ2) is 8.20. The van der Waals surface area contributed by atoms with E-state index in [1.165, 1.54) is 6.92 Å². The first-order chi connectivity index (χ1) is 14.5. The van der Waals surface area contributed by atoms with Crippen LogP contribution >= 0.6 is 11.6 Å². The maximum Gasteiger partial charge on any atom is 0.284 e. The van der Waals surface area contributed by atoms with Gasteiger partial charge in [0.1, 0.15) is 0 Å². The van der Waals surface area contributed by atoms with Crippen LogP contribution in [0, 0.1) is 6.92 Å². The van der Waals surface area contributed by atoms with Crippen LogP contribution in [0.5, 0.6) is 0 Å². The number of carbonyl (C=O) groups excluding carboxylic acids is 2. The molecule has 3 aromatic rings. The van der Waals surface area contributed by atoms with Crippen LogP contribution < -0.4 is 5.32 Å². The van der Waals surface area contributed by atoms with Crippen molar-refractivity contribution in [3.05, 3.63) is 70.4 Å². The van der Waals surface area contributed by atoms with Crippen LogP contribution in [-0.2, 0) is 20.7 Å². The van der Waals surface area contributed by atoms with E-state index in [0.29, 0.717) is 23.6 Å². The summed E-state index contributed by atoms with van der Waals surface area (Å²) in [5, 5.41) is 9.60. The van der Waals surface area contributed by atoms with Gasteiger partial charge in [0.25, 0.3) is 12.1 Å². The van der Waals surface area contributed by atoms with Gasteiger partial charge in [-0.25, -0.2) is 0 Å². The number of H-pyrrole nitrogens is 1. The van der Waals surface area contributed by atoms with Crippen molar-refractivity contribution in [2.75, 3.05) is 6.54 Å². The fraction of sp³-hybridized carbons (Fsp3) is 0.227. The number of benzene rings is 2. The van der Waals surface area contributed by atoms with Gasteiger partial charge in [-0.1, -0.05) is 41.9 Å². The largest absolute Gasteiger partial charge is 0.440 e. The lowest BCUT2D eigenvalue weighted by Gasteiger charge is -2.18. The van der Waals surface area contributed by atoms with Crippen molar-refractivity contribution >= 4 is 40.2 Å². The van der Waals surface area contributed by atoms with Crippen molar-refractivity contribution in [1.29, 1.82) is 0 Å². The van der Waals surface area contributed by atoms with Crippen LogP contribution in [0.4, 0.5) is 0 Å². The van der Waals surface area contributed by atoms with E-state index in [0.717, 1.165) is 27.2 Å². The molecule has 2 amide bonds. The predicted octanol–water partition coefficient (Wildman–Crippen LogP) is 3.36. The average molecular weight is 425 g/mol. The number of rotatable bonds is 5. The van der Waals surface area contributed by atoms with Crippen LogP contribution in [0.25, 0.3) is 10.9 Å². The lowest BCUT2D eigenvalue weighted by atomic mass is 10.1. The molecule has 0 aliphatic carbocycles. The molecular weight excluding hydrogens is 404 g/mol. The molecule has 30 heavy (non-hydrogen) atoms. The van der Waals surface area contributed by atoms with E-state index in [2.05, 4.69) is 21.5 Å². The molecule has 4 rings (SSSR count). The van der Waals surface area contributed by atoms with Gasteiger partial charge >= 0.3 is 0 Å². The first kappa shape index (κ1) is 20.0. The molecule has 8 heteroatoms. The van der Waals surface area contributed by atoms with Gasteiger partial charge in [0.2, 0.25) is 11.8 Å². The summed E-state index contributed by atoms with van der Waals surface area (Å²) in [6.45, 7) is 3.74. The Bertz CT molecular complexity index is 1150. The average Bonchev–Trinajstić information content (AvgIpc) is 3.30. The first-order valence-electron chi connectivity index (χ1n) is 9.59. The smallest absolute Gasteiger partial charge is 0.284 e. The molecule has 0 bridgehead atoms. The van der Waals surface area contributed by atoms with Crippen LogP contribution in [0.1, 0.15) is 23.7 Å². The number of amides is 2. The number of hydrogen-bond donors (Lipinski definition) is 2. The Morgan fingerprint density at radius 3 is 2.70 bits per heavy atom. The molecule has 1 aliphatic rings. The summed E-state index contributed by atoms with van der Waals surface area (Å²) in [4.78, 5) is 28.1. The second-order valence-electron chi connectivity index (χ2n) is 7.03. The number of nitrogens with one attached hydrogen (secondary N) is 2. The second-order valence-corrected chi connectivity index (χ2v) is 7.44. The highest BCUT2D eigenvalue weighted by Gasteiger charge is 2.37. The highest BCUT2D eigenvalue weighted by Crippen LogP contribution is 2.24. The molecule has 1 unspecified atom stereocenters. The van der Waals surface area contributed by atoms with Crippen molar-refractivity contribution in [3.63, 3.8) is 0 Å². The number of carbonyl (C=O) groups is 2. The summed E-state index contributed by atoms with van der Waals surface area (Å²) in [7, 11) is 0. The Labute approximate surface area is 178 Å². The van der Waals surface area contributed by atoms with E-state index in [-0.39, 0.29) is 5.90 Å². The molecule has 1 atom stereocenters. The number of para-hydroxylation sites is 1. The minimum atomic E-state index is -1.17. The zero-order chi connectivity index (χ0) is 21.3. The van der Waals surface area contributed by atoms with Crippen LogP contribution in [-0.4, -0.2) is 40.5 Å². The number of aromatic nitrogens is 1. The number of nitrogens with zero attached hydrogens (tertiary/aromatic N) is 2. The van der Waals surface area contributed by atoms with Gasteiger partial charge in [0.05, 0.1) is 10.6 Å². The number of aromatic amines is 1. The Balaban J connectivity index is 1.44. The Kier molecular flexibility index (Phi) is 5.46. The summed E-state index contributed by atoms with van der Waals surface area (Å²) in [6.07, 6.45) is -0.523. The van der Waals surface area contributed by atoms with Gasteiger partial charge in [-0.05, 0) is 37.1 Å². The number of ether oxygens (including phenoxy) is 1. The van der Waals surface area contributed by atoms with Gasteiger partial charge in [-0.3, -0.25) is 9.59 Å². The zero-order valence-corrected chi connectivity index (χ0v) is 17.4. The van der Waals surface area contributed by atoms with Crippen molar-refractivity contribution in [2.45, 2.75) is 26.5 Å². The SMILES string of the molecule is CC(=O)N1N=C(c2ccccc2Cl)OC1C(=O)NCCc1c(C)[nH]c2ccccc12. The summed E-state index contributed by atoms with van der Waals surface area (Å²) in [5.74, 6) is -0.693. The highest BCUT2D eigenvalue weighted by molar-refractivity contribution is 6.33. The van der Waals surface area contributed by atoms with Crippen LogP contribution in [0.2, 0.25) is 5.02 Å².